The van der Waals surface area contributed by atoms with Crippen molar-refractivity contribution in [3.8, 4) is 0 Å². The monoisotopic (exact) mass is 362 g/mol. The molecule has 0 aliphatic heterocycles. The summed E-state index contributed by atoms with van der Waals surface area (Å²) in [4.78, 5) is 37.3. The molecule has 7 atom stereocenters. The molecule has 3 N–H and O–H groups in total. The lowest BCUT2D eigenvalue weighted by Gasteiger charge is -2.49. The third-order valence-corrected chi connectivity index (χ3v) is 8.51. The zero-order valence-corrected chi connectivity index (χ0v) is 15.0. The maximum Gasteiger partial charge on any atom is 0.310 e. The Labute approximate surface area is 152 Å². The van der Waals surface area contributed by atoms with Crippen LogP contribution in [0.1, 0.15) is 51.9 Å². The van der Waals surface area contributed by atoms with Crippen molar-refractivity contribution in [1.29, 1.82) is 0 Å². The number of carbonyl (C=O) groups is 3. The Hall–Kier alpha value is -1.85. The van der Waals surface area contributed by atoms with Crippen molar-refractivity contribution in [3.63, 3.8) is 0 Å². The van der Waals surface area contributed by atoms with Crippen molar-refractivity contribution in [2.45, 2.75) is 51.9 Å². The highest BCUT2D eigenvalue weighted by atomic mass is 16.4. The predicted molar refractivity (Wildman–Crippen MR) is 91.3 cm³/mol. The molecule has 4 saturated carbocycles. The topological polar surface area (TPSA) is 112 Å². The van der Waals surface area contributed by atoms with Gasteiger partial charge in [-0.1, -0.05) is 18.6 Å². The maximum atomic E-state index is 12.6. The molecule has 142 valence electrons. The summed E-state index contributed by atoms with van der Waals surface area (Å²) in [6.07, 6.45) is 3.89. The van der Waals surface area contributed by atoms with Crippen molar-refractivity contribution < 1.29 is 29.7 Å². The van der Waals surface area contributed by atoms with Crippen LogP contribution in [-0.2, 0) is 14.4 Å². The van der Waals surface area contributed by atoms with E-state index in [1.165, 1.54) is 0 Å². The summed E-state index contributed by atoms with van der Waals surface area (Å²) >= 11 is 0. The molecule has 0 aromatic heterocycles. The molecule has 0 amide bonds. The van der Waals surface area contributed by atoms with Crippen LogP contribution in [0.3, 0.4) is 0 Å². The van der Waals surface area contributed by atoms with Crippen LogP contribution in [0.15, 0.2) is 12.2 Å². The fraction of sp³-hybridized carbons (Fsp3) is 0.750. The number of carboxylic acids is 3. The first-order valence-corrected chi connectivity index (χ1v) is 9.48. The summed E-state index contributed by atoms with van der Waals surface area (Å²) in [5.41, 5.74) is -2.22. The highest BCUT2D eigenvalue weighted by molar-refractivity contribution is 5.85. The minimum absolute atomic E-state index is 0.246. The fourth-order valence-corrected chi connectivity index (χ4v) is 7.73. The van der Waals surface area contributed by atoms with Gasteiger partial charge in [-0.05, 0) is 62.7 Å². The van der Waals surface area contributed by atoms with E-state index in [2.05, 4.69) is 6.58 Å². The van der Waals surface area contributed by atoms with E-state index in [1.54, 1.807) is 6.92 Å². The highest BCUT2D eigenvalue weighted by Crippen LogP contribution is 2.77. The molecular weight excluding hydrogens is 336 g/mol. The lowest BCUT2D eigenvalue weighted by Crippen LogP contribution is -2.54. The normalized spacial score (nSPS) is 49.3. The van der Waals surface area contributed by atoms with E-state index >= 15 is 0 Å². The largest absolute Gasteiger partial charge is 0.481 e. The Balaban J connectivity index is 2.00. The van der Waals surface area contributed by atoms with Crippen LogP contribution in [0.25, 0.3) is 0 Å². The summed E-state index contributed by atoms with van der Waals surface area (Å²) in [5.74, 6) is -4.96. The maximum absolute atomic E-state index is 12.6. The standard InChI is InChI=1S/C20H26O6/c1-10-8-19-9-11(10)4-5-12(19)20(17(25)26)7-3-6-18(2,16(23)24)14(20)13(19)15(21)22/h11-14H,1,3-9H2,2H3,(H,21,22)(H,23,24)(H,25,26)/t11?,12-,13-,14-,18-,19?,20-/m1/s1. The van der Waals surface area contributed by atoms with Gasteiger partial charge in [0.2, 0.25) is 0 Å². The first-order chi connectivity index (χ1) is 12.1. The van der Waals surface area contributed by atoms with Gasteiger partial charge in [-0.2, -0.15) is 0 Å². The fourth-order valence-electron chi connectivity index (χ4n) is 7.73. The zero-order valence-electron chi connectivity index (χ0n) is 15.0. The Morgan fingerprint density at radius 1 is 1.08 bits per heavy atom. The van der Waals surface area contributed by atoms with E-state index in [0.717, 1.165) is 12.0 Å². The predicted octanol–water partition coefficient (Wildman–Crippen LogP) is 3.03. The first kappa shape index (κ1) is 17.6. The first-order valence-electron chi connectivity index (χ1n) is 9.48. The molecule has 26 heavy (non-hydrogen) atoms. The quantitative estimate of drug-likeness (QED) is 0.665. The Bertz CT molecular complexity index is 728. The molecular formula is C20H26O6. The summed E-state index contributed by atoms with van der Waals surface area (Å²) in [5, 5.41) is 30.5. The second-order valence-corrected chi connectivity index (χ2v) is 9.31. The van der Waals surface area contributed by atoms with Gasteiger partial charge in [0.15, 0.2) is 0 Å². The van der Waals surface area contributed by atoms with Gasteiger partial charge in [-0.15, -0.1) is 0 Å². The molecule has 2 bridgehead atoms. The molecule has 1 spiro atoms. The molecule has 4 aliphatic rings. The Kier molecular flexibility index (Phi) is 3.45. The van der Waals surface area contributed by atoms with Gasteiger partial charge >= 0.3 is 17.9 Å². The van der Waals surface area contributed by atoms with Gasteiger partial charge in [-0.3, -0.25) is 14.4 Å². The Morgan fingerprint density at radius 2 is 1.77 bits per heavy atom. The number of allylic oxidation sites excluding steroid dienone is 1. The third kappa shape index (κ3) is 1.75. The summed E-state index contributed by atoms with van der Waals surface area (Å²) in [6.45, 7) is 5.72. The molecule has 4 fully saturated rings. The van der Waals surface area contributed by atoms with E-state index in [-0.39, 0.29) is 11.8 Å². The van der Waals surface area contributed by atoms with Gasteiger partial charge in [0.1, 0.15) is 0 Å². The molecule has 0 radical (unpaired) electrons. The van der Waals surface area contributed by atoms with Gasteiger partial charge < -0.3 is 15.3 Å². The van der Waals surface area contributed by atoms with E-state index < -0.39 is 46.0 Å². The number of hydrogen-bond acceptors (Lipinski definition) is 3. The molecule has 0 aromatic carbocycles. The second-order valence-electron chi connectivity index (χ2n) is 9.31. The van der Waals surface area contributed by atoms with Crippen molar-refractivity contribution in [3.05, 3.63) is 12.2 Å². The van der Waals surface area contributed by atoms with Crippen molar-refractivity contribution >= 4 is 17.9 Å². The minimum Gasteiger partial charge on any atom is -0.481 e. The number of fused-ring (bicyclic) bond motifs is 3. The summed E-state index contributed by atoms with van der Waals surface area (Å²) in [6, 6.07) is 0. The SMILES string of the molecule is C=C1CC23CC1CC[C@H]2[C@]1(C(=O)O)CCC[C@@](C)(C(=O)O)[C@H]1[C@@H]3C(=O)O. The molecule has 4 rings (SSSR count). The molecule has 6 nitrogen and oxygen atoms in total. The number of hydrogen-bond donors (Lipinski definition) is 3. The highest BCUT2D eigenvalue weighted by Gasteiger charge is 2.78. The smallest absolute Gasteiger partial charge is 0.310 e. The number of carboxylic acid groups (broad SMARTS) is 3. The van der Waals surface area contributed by atoms with Crippen LogP contribution in [0.5, 0.6) is 0 Å². The van der Waals surface area contributed by atoms with Gasteiger partial charge in [0.25, 0.3) is 0 Å². The molecule has 6 heteroatoms. The van der Waals surface area contributed by atoms with E-state index in [4.69, 9.17) is 0 Å². The number of aliphatic carboxylic acids is 3. The van der Waals surface area contributed by atoms with Gasteiger partial charge in [-0.25, -0.2) is 0 Å². The van der Waals surface area contributed by atoms with Crippen LogP contribution in [-0.4, -0.2) is 33.2 Å². The molecule has 2 unspecified atom stereocenters. The van der Waals surface area contributed by atoms with E-state index in [9.17, 15) is 29.7 Å². The van der Waals surface area contributed by atoms with Crippen molar-refractivity contribution in [2.75, 3.05) is 0 Å². The zero-order chi connectivity index (χ0) is 19.1. The summed E-state index contributed by atoms with van der Waals surface area (Å²) in [7, 11) is 0. The van der Waals surface area contributed by atoms with Crippen LogP contribution >= 0.6 is 0 Å². The molecule has 0 heterocycles. The van der Waals surface area contributed by atoms with Crippen LogP contribution < -0.4 is 0 Å². The van der Waals surface area contributed by atoms with Crippen molar-refractivity contribution in [1.82, 2.24) is 0 Å². The lowest BCUT2D eigenvalue weighted by atomic mass is 9.52. The third-order valence-electron chi connectivity index (χ3n) is 8.51. The van der Waals surface area contributed by atoms with Crippen LogP contribution in [0.2, 0.25) is 0 Å². The average Bonchev–Trinajstić information content (AvgIpc) is 2.96. The van der Waals surface area contributed by atoms with Crippen LogP contribution in [0, 0.1) is 39.9 Å². The Morgan fingerprint density at radius 3 is 2.35 bits per heavy atom. The minimum atomic E-state index is -1.33. The van der Waals surface area contributed by atoms with Crippen molar-refractivity contribution in [2.24, 2.45) is 39.9 Å². The van der Waals surface area contributed by atoms with E-state index in [1.807, 2.05) is 0 Å². The van der Waals surface area contributed by atoms with Gasteiger partial charge in [0.05, 0.1) is 16.7 Å². The molecule has 0 saturated heterocycles. The number of rotatable bonds is 3. The lowest BCUT2D eigenvalue weighted by molar-refractivity contribution is -0.177. The van der Waals surface area contributed by atoms with Gasteiger partial charge in [0, 0.05) is 5.92 Å². The van der Waals surface area contributed by atoms with E-state index in [0.29, 0.717) is 38.5 Å². The second kappa shape index (κ2) is 5.11. The molecule has 0 aromatic rings. The average molecular weight is 362 g/mol. The van der Waals surface area contributed by atoms with Crippen LogP contribution in [0.4, 0.5) is 0 Å². The molecule has 4 aliphatic carbocycles. The summed E-state index contributed by atoms with van der Waals surface area (Å²) < 4.78 is 0.